The number of rotatable bonds is 4. The average Bonchev–Trinajstić information content (AvgIpc) is 3.07. The quantitative estimate of drug-likeness (QED) is 0.564. The molecular weight excluding hydrogens is 359 g/mol. The summed E-state index contributed by atoms with van der Waals surface area (Å²) in [5, 5.41) is 17.9. The molecule has 0 fully saturated rings. The highest BCUT2D eigenvalue weighted by molar-refractivity contribution is 5.84. The molecule has 3 N–H and O–H groups in total. The van der Waals surface area contributed by atoms with E-state index in [4.69, 9.17) is 5.73 Å². The summed E-state index contributed by atoms with van der Waals surface area (Å²) in [6.45, 7) is 1.87. The van der Waals surface area contributed by atoms with Crippen LogP contribution >= 0.6 is 0 Å². The zero-order valence-electron chi connectivity index (χ0n) is 14.8. The Kier molecular flexibility index (Phi) is 4.29. The van der Waals surface area contributed by atoms with Crippen LogP contribution in [0.1, 0.15) is 24.2 Å². The number of pyridine rings is 1. The SMILES string of the molecule is CC(Nc1ncnc(N)c1C#N)c1nn(-c2cccnc2)c2cc(F)ccc12. The highest BCUT2D eigenvalue weighted by Crippen LogP contribution is 2.29. The molecule has 0 spiro atoms. The van der Waals surface area contributed by atoms with Crippen molar-refractivity contribution in [1.82, 2.24) is 24.7 Å². The third-order valence-electron chi connectivity index (χ3n) is 4.31. The van der Waals surface area contributed by atoms with E-state index < -0.39 is 0 Å². The maximum atomic E-state index is 13.9. The summed E-state index contributed by atoms with van der Waals surface area (Å²) in [6, 6.07) is 9.77. The normalized spacial score (nSPS) is 11.9. The first-order valence-electron chi connectivity index (χ1n) is 8.44. The molecule has 0 saturated carbocycles. The van der Waals surface area contributed by atoms with E-state index in [1.54, 1.807) is 29.2 Å². The molecule has 0 aliphatic rings. The van der Waals surface area contributed by atoms with Gasteiger partial charge in [0.1, 0.15) is 35.4 Å². The van der Waals surface area contributed by atoms with Crippen molar-refractivity contribution in [1.29, 1.82) is 5.26 Å². The minimum absolute atomic E-state index is 0.0972. The second-order valence-corrected chi connectivity index (χ2v) is 6.13. The van der Waals surface area contributed by atoms with E-state index in [2.05, 4.69) is 25.4 Å². The molecule has 8 nitrogen and oxygen atoms in total. The van der Waals surface area contributed by atoms with E-state index in [1.165, 1.54) is 18.5 Å². The van der Waals surface area contributed by atoms with Gasteiger partial charge in [-0.3, -0.25) is 4.98 Å². The lowest BCUT2D eigenvalue weighted by Gasteiger charge is -2.14. The number of hydrogen-bond acceptors (Lipinski definition) is 7. The molecule has 0 saturated heterocycles. The van der Waals surface area contributed by atoms with E-state index in [0.717, 1.165) is 5.39 Å². The number of aromatic nitrogens is 5. The van der Waals surface area contributed by atoms with Gasteiger partial charge >= 0.3 is 0 Å². The Morgan fingerprint density at radius 3 is 2.89 bits per heavy atom. The van der Waals surface area contributed by atoms with Gasteiger partial charge in [-0.1, -0.05) is 0 Å². The van der Waals surface area contributed by atoms with Gasteiger partial charge in [-0.25, -0.2) is 19.0 Å². The van der Waals surface area contributed by atoms with Gasteiger partial charge in [-0.2, -0.15) is 10.4 Å². The number of nitrogens with two attached hydrogens (primary N) is 1. The van der Waals surface area contributed by atoms with Crippen LogP contribution in [0.2, 0.25) is 0 Å². The van der Waals surface area contributed by atoms with Crippen LogP contribution in [0.15, 0.2) is 49.1 Å². The zero-order valence-corrected chi connectivity index (χ0v) is 14.8. The molecule has 0 aliphatic heterocycles. The predicted octanol–water partition coefficient (Wildman–Crippen LogP) is 2.98. The molecule has 4 rings (SSSR count). The largest absolute Gasteiger partial charge is 0.382 e. The number of fused-ring (bicyclic) bond motifs is 1. The van der Waals surface area contributed by atoms with E-state index >= 15 is 0 Å². The topological polar surface area (TPSA) is 118 Å². The summed E-state index contributed by atoms with van der Waals surface area (Å²) in [5.74, 6) is 0.0498. The van der Waals surface area contributed by atoms with Crippen molar-refractivity contribution in [3.8, 4) is 11.8 Å². The molecule has 28 heavy (non-hydrogen) atoms. The first kappa shape index (κ1) is 17.4. The van der Waals surface area contributed by atoms with Crippen molar-refractivity contribution < 1.29 is 4.39 Å². The Bertz CT molecular complexity index is 1200. The van der Waals surface area contributed by atoms with Crippen LogP contribution in [-0.4, -0.2) is 24.7 Å². The Balaban J connectivity index is 1.81. The van der Waals surface area contributed by atoms with Gasteiger partial charge in [-0.05, 0) is 31.2 Å². The summed E-state index contributed by atoms with van der Waals surface area (Å²) in [7, 11) is 0. The van der Waals surface area contributed by atoms with Gasteiger partial charge in [0, 0.05) is 17.6 Å². The van der Waals surface area contributed by atoms with Gasteiger partial charge < -0.3 is 11.1 Å². The Morgan fingerprint density at radius 1 is 1.29 bits per heavy atom. The monoisotopic (exact) mass is 374 g/mol. The van der Waals surface area contributed by atoms with Crippen molar-refractivity contribution in [2.24, 2.45) is 0 Å². The molecule has 0 aliphatic carbocycles. The van der Waals surface area contributed by atoms with Crippen LogP contribution in [0.3, 0.4) is 0 Å². The molecule has 3 heterocycles. The van der Waals surface area contributed by atoms with Gasteiger partial charge in [-0.15, -0.1) is 0 Å². The molecule has 1 atom stereocenters. The standard InChI is InChI=1S/C19H15FN8/c1-11(26-19-15(8-21)18(22)24-10-25-19)17-14-5-4-12(20)7-16(14)28(27-17)13-3-2-6-23-9-13/h2-7,9-11H,1H3,(H3,22,24,25,26). The first-order chi connectivity index (χ1) is 13.6. The molecule has 1 unspecified atom stereocenters. The summed E-state index contributed by atoms with van der Waals surface area (Å²) < 4.78 is 15.5. The van der Waals surface area contributed by atoms with Crippen molar-refractivity contribution in [2.75, 3.05) is 11.1 Å². The number of nitriles is 1. The molecule has 3 aromatic heterocycles. The van der Waals surface area contributed by atoms with Crippen LogP contribution in [0.25, 0.3) is 16.6 Å². The van der Waals surface area contributed by atoms with E-state index in [9.17, 15) is 9.65 Å². The lowest BCUT2D eigenvalue weighted by molar-refractivity contribution is 0.629. The molecule has 0 radical (unpaired) electrons. The van der Waals surface area contributed by atoms with Crippen LogP contribution in [0.5, 0.6) is 0 Å². The number of nitrogens with one attached hydrogen (secondary N) is 1. The number of nitrogens with zero attached hydrogens (tertiary/aromatic N) is 6. The number of hydrogen-bond donors (Lipinski definition) is 2. The second kappa shape index (κ2) is 6.92. The summed E-state index contributed by atoms with van der Waals surface area (Å²) >= 11 is 0. The van der Waals surface area contributed by atoms with Crippen molar-refractivity contribution >= 4 is 22.5 Å². The summed E-state index contributed by atoms with van der Waals surface area (Å²) in [5.41, 5.74) is 7.90. The minimum Gasteiger partial charge on any atom is -0.382 e. The number of nitrogen functional groups attached to an aromatic ring is 1. The number of halogens is 1. The number of benzene rings is 1. The Labute approximate surface area is 159 Å². The third kappa shape index (κ3) is 2.97. The van der Waals surface area contributed by atoms with Gasteiger partial charge in [0.05, 0.1) is 29.1 Å². The summed E-state index contributed by atoms with van der Waals surface area (Å²) in [6.07, 6.45) is 4.59. The van der Waals surface area contributed by atoms with Crippen molar-refractivity contribution in [2.45, 2.75) is 13.0 Å². The smallest absolute Gasteiger partial charge is 0.150 e. The van der Waals surface area contributed by atoms with Crippen molar-refractivity contribution in [3.63, 3.8) is 0 Å². The Hall–Kier alpha value is -4.06. The molecule has 1 aromatic carbocycles. The van der Waals surface area contributed by atoms with Gasteiger partial charge in [0.25, 0.3) is 0 Å². The van der Waals surface area contributed by atoms with E-state index in [1.807, 2.05) is 19.1 Å². The first-order valence-corrected chi connectivity index (χ1v) is 8.44. The highest BCUT2D eigenvalue weighted by Gasteiger charge is 2.20. The maximum Gasteiger partial charge on any atom is 0.150 e. The lowest BCUT2D eigenvalue weighted by atomic mass is 10.1. The predicted molar refractivity (Wildman–Crippen MR) is 102 cm³/mol. The van der Waals surface area contributed by atoms with Crippen LogP contribution in [0, 0.1) is 17.1 Å². The zero-order chi connectivity index (χ0) is 19.7. The van der Waals surface area contributed by atoms with Gasteiger partial charge in [0.15, 0.2) is 0 Å². The number of anilines is 2. The molecule has 9 heteroatoms. The molecule has 4 aromatic rings. The van der Waals surface area contributed by atoms with E-state index in [-0.39, 0.29) is 23.2 Å². The molecule has 138 valence electrons. The van der Waals surface area contributed by atoms with Crippen LogP contribution in [-0.2, 0) is 0 Å². The fourth-order valence-electron chi connectivity index (χ4n) is 3.00. The van der Waals surface area contributed by atoms with Crippen LogP contribution in [0.4, 0.5) is 16.0 Å². The van der Waals surface area contributed by atoms with Crippen molar-refractivity contribution in [3.05, 3.63) is 66.1 Å². The third-order valence-corrected chi connectivity index (χ3v) is 4.31. The lowest BCUT2D eigenvalue weighted by Crippen LogP contribution is -2.12. The molecule has 0 amide bonds. The molecule has 0 bridgehead atoms. The minimum atomic E-state index is -0.361. The van der Waals surface area contributed by atoms with E-state index in [0.29, 0.717) is 22.7 Å². The fraction of sp³-hybridized carbons (Fsp3) is 0.105. The second-order valence-electron chi connectivity index (χ2n) is 6.13. The van der Waals surface area contributed by atoms with Crippen LogP contribution < -0.4 is 11.1 Å². The summed E-state index contributed by atoms with van der Waals surface area (Å²) in [4.78, 5) is 12.0. The fourth-order valence-corrected chi connectivity index (χ4v) is 3.00. The maximum absolute atomic E-state index is 13.9. The molecular formula is C19H15FN8. The Morgan fingerprint density at radius 2 is 2.14 bits per heavy atom. The average molecular weight is 374 g/mol. The highest BCUT2D eigenvalue weighted by atomic mass is 19.1. The van der Waals surface area contributed by atoms with Gasteiger partial charge in [0.2, 0.25) is 0 Å².